The van der Waals surface area contributed by atoms with E-state index in [1.807, 2.05) is 19.0 Å². The first-order valence-corrected chi connectivity index (χ1v) is 9.16. The molecule has 1 aliphatic heterocycles. The molecule has 0 radical (unpaired) electrons. The molecule has 25 heavy (non-hydrogen) atoms. The predicted molar refractivity (Wildman–Crippen MR) is 108 cm³/mol. The van der Waals surface area contributed by atoms with Gasteiger partial charge in [0.05, 0.1) is 13.2 Å². The van der Waals surface area contributed by atoms with Gasteiger partial charge in [-0.2, -0.15) is 0 Å². The average molecular weight is 378 g/mol. The second-order valence-electron chi connectivity index (χ2n) is 5.35. The second-order valence-corrected chi connectivity index (χ2v) is 7.00. The Morgan fingerprint density at radius 2 is 2.00 bits per heavy atom. The Balaban J connectivity index is 0.000000196. The molecule has 1 heterocycles. The molecule has 0 atom stereocenters. The molecule has 1 aliphatic rings. The molecule has 2 aromatic rings. The van der Waals surface area contributed by atoms with Gasteiger partial charge in [0.25, 0.3) is 0 Å². The summed E-state index contributed by atoms with van der Waals surface area (Å²) in [6, 6.07) is 13.4. The van der Waals surface area contributed by atoms with Crippen molar-refractivity contribution in [1.82, 2.24) is 4.31 Å². The van der Waals surface area contributed by atoms with Crippen molar-refractivity contribution in [2.24, 2.45) is 0 Å². The minimum absolute atomic E-state index is 0.535. The van der Waals surface area contributed by atoms with E-state index in [-0.39, 0.29) is 0 Å². The SMILES string of the molecule is CNc1cccc(SN2CCOCC2)c1.Nc1cc(C=O)ccc1S. The van der Waals surface area contributed by atoms with E-state index in [0.29, 0.717) is 16.1 Å². The lowest BCUT2D eigenvalue weighted by atomic mass is 10.2. The fourth-order valence-corrected chi connectivity index (χ4v) is 3.23. The summed E-state index contributed by atoms with van der Waals surface area (Å²) in [4.78, 5) is 12.2. The summed E-state index contributed by atoms with van der Waals surface area (Å²) in [7, 11) is 1.94. The number of nitrogens with one attached hydrogen (secondary N) is 1. The summed E-state index contributed by atoms with van der Waals surface area (Å²) in [5, 5.41) is 3.15. The van der Waals surface area contributed by atoms with Crippen LogP contribution in [-0.4, -0.2) is 43.9 Å². The van der Waals surface area contributed by atoms with Gasteiger partial charge >= 0.3 is 0 Å². The fraction of sp³-hybridized carbons (Fsp3) is 0.278. The van der Waals surface area contributed by atoms with Crippen LogP contribution in [0.25, 0.3) is 0 Å². The van der Waals surface area contributed by atoms with Gasteiger partial charge in [-0.1, -0.05) is 12.1 Å². The predicted octanol–water partition coefficient (Wildman–Crippen LogP) is 3.44. The van der Waals surface area contributed by atoms with E-state index < -0.39 is 0 Å². The number of ether oxygens (including phenoxy) is 1. The molecule has 0 aromatic heterocycles. The van der Waals surface area contributed by atoms with Crippen LogP contribution in [0.5, 0.6) is 0 Å². The Labute approximate surface area is 158 Å². The number of aldehydes is 1. The number of nitrogens with two attached hydrogens (primary N) is 1. The standard InChI is InChI=1S/C11H16N2OS.C7H7NOS/c1-12-10-3-2-4-11(9-10)15-13-5-7-14-8-6-13;8-6-3-5(4-9)1-2-7(6)10/h2-4,9,12H,5-8H2,1H3;1-4,10H,8H2. The zero-order chi connectivity index (χ0) is 18.1. The van der Waals surface area contributed by atoms with E-state index in [2.05, 4.69) is 46.5 Å². The third kappa shape index (κ3) is 6.62. The van der Waals surface area contributed by atoms with Crippen molar-refractivity contribution >= 4 is 42.2 Å². The number of carbonyl (C=O) groups excluding carboxylic acids is 1. The van der Waals surface area contributed by atoms with Gasteiger partial charge in [0.2, 0.25) is 0 Å². The van der Waals surface area contributed by atoms with Gasteiger partial charge in [-0.15, -0.1) is 12.6 Å². The van der Waals surface area contributed by atoms with Crippen molar-refractivity contribution in [1.29, 1.82) is 0 Å². The molecule has 3 N–H and O–H groups in total. The Morgan fingerprint density at radius 1 is 1.24 bits per heavy atom. The molecular formula is C18H23N3O2S2. The quantitative estimate of drug-likeness (QED) is 0.328. The number of rotatable bonds is 4. The molecule has 0 unspecified atom stereocenters. The van der Waals surface area contributed by atoms with Crippen LogP contribution < -0.4 is 11.1 Å². The van der Waals surface area contributed by atoms with Crippen molar-refractivity contribution in [2.45, 2.75) is 9.79 Å². The largest absolute Gasteiger partial charge is 0.398 e. The zero-order valence-electron chi connectivity index (χ0n) is 14.1. The highest BCUT2D eigenvalue weighted by Crippen LogP contribution is 2.25. The maximum Gasteiger partial charge on any atom is 0.150 e. The molecule has 134 valence electrons. The van der Waals surface area contributed by atoms with Gasteiger partial charge in [-0.3, -0.25) is 4.79 Å². The molecule has 0 aliphatic carbocycles. The number of nitrogens with zero attached hydrogens (tertiary/aromatic N) is 1. The van der Waals surface area contributed by atoms with Crippen LogP contribution in [0, 0.1) is 0 Å². The third-order valence-electron chi connectivity index (χ3n) is 3.51. The lowest BCUT2D eigenvalue weighted by molar-refractivity contribution is 0.0773. The first-order valence-electron chi connectivity index (χ1n) is 7.94. The lowest BCUT2D eigenvalue weighted by Gasteiger charge is -2.25. The van der Waals surface area contributed by atoms with Gasteiger partial charge in [0, 0.05) is 46.9 Å². The fourth-order valence-electron chi connectivity index (χ4n) is 2.14. The van der Waals surface area contributed by atoms with E-state index >= 15 is 0 Å². The number of anilines is 2. The molecular weight excluding hydrogens is 354 g/mol. The third-order valence-corrected chi connectivity index (χ3v) is 5.01. The van der Waals surface area contributed by atoms with Crippen LogP contribution in [0.1, 0.15) is 10.4 Å². The highest BCUT2D eigenvalue weighted by molar-refractivity contribution is 7.97. The van der Waals surface area contributed by atoms with Gasteiger partial charge in [-0.05, 0) is 42.3 Å². The van der Waals surface area contributed by atoms with Crippen molar-refractivity contribution in [3.8, 4) is 0 Å². The van der Waals surface area contributed by atoms with Crippen LogP contribution in [0.4, 0.5) is 11.4 Å². The Morgan fingerprint density at radius 3 is 2.64 bits per heavy atom. The van der Waals surface area contributed by atoms with E-state index in [9.17, 15) is 4.79 Å². The number of nitrogen functional groups attached to an aromatic ring is 1. The van der Waals surface area contributed by atoms with Crippen LogP contribution in [0.3, 0.4) is 0 Å². The number of hydrogen-bond acceptors (Lipinski definition) is 7. The van der Waals surface area contributed by atoms with E-state index in [0.717, 1.165) is 38.3 Å². The zero-order valence-corrected chi connectivity index (χ0v) is 15.9. The van der Waals surface area contributed by atoms with Gasteiger partial charge in [-0.25, -0.2) is 4.31 Å². The number of carbonyl (C=O) groups is 1. The monoisotopic (exact) mass is 377 g/mol. The van der Waals surface area contributed by atoms with Gasteiger partial charge < -0.3 is 15.8 Å². The highest BCUT2D eigenvalue weighted by atomic mass is 32.2. The summed E-state index contributed by atoms with van der Waals surface area (Å²) >= 11 is 5.85. The minimum atomic E-state index is 0.535. The molecule has 0 spiro atoms. The van der Waals surface area contributed by atoms with Crippen LogP contribution in [-0.2, 0) is 4.74 Å². The van der Waals surface area contributed by atoms with Crippen LogP contribution >= 0.6 is 24.6 Å². The maximum absolute atomic E-state index is 10.2. The highest BCUT2D eigenvalue weighted by Gasteiger charge is 2.11. The van der Waals surface area contributed by atoms with E-state index in [1.54, 1.807) is 18.2 Å². The van der Waals surface area contributed by atoms with Crippen molar-refractivity contribution in [2.75, 3.05) is 44.4 Å². The summed E-state index contributed by atoms with van der Waals surface area (Å²) in [5.41, 5.74) is 7.74. The molecule has 5 nitrogen and oxygen atoms in total. The topological polar surface area (TPSA) is 67.6 Å². The maximum atomic E-state index is 10.2. The summed E-state index contributed by atoms with van der Waals surface area (Å²) in [5.74, 6) is 0. The second kappa shape index (κ2) is 10.4. The Bertz CT molecular complexity index is 692. The van der Waals surface area contributed by atoms with Crippen molar-refractivity contribution in [3.05, 3.63) is 48.0 Å². The summed E-state index contributed by atoms with van der Waals surface area (Å²) in [6.07, 6.45) is 0.754. The molecule has 2 aromatic carbocycles. The first kappa shape index (κ1) is 19.7. The normalized spacial score (nSPS) is 14.3. The molecule has 0 bridgehead atoms. The molecule has 3 rings (SSSR count). The number of thiol groups is 1. The minimum Gasteiger partial charge on any atom is -0.398 e. The summed E-state index contributed by atoms with van der Waals surface area (Å²) < 4.78 is 7.66. The summed E-state index contributed by atoms with van der Waals surface area (Å²) in [6.45, 7) is 3.71. The Kier molecular flexibility index (Phi) is 8.14. The van der Waals surface area contributed by atoms with Crippen LogP contribution in [0.15, 0.2) is 52.3 Å². The molecule has 0 amide bonds. The molecule has 1 saturated heterocycles. The van der Waals surface area contributed by atoms with E-state index in [4.69, 9.17) is 10.5 Å². The number of benzene rings is 2. The van der Waals surface area contributed by atoms with Crippen molar-refractivity contribution in [3.63, 3.8) is 0 Å². The lowest BCUT2D eigenvalue weighted by Crippen LogP contribution is -2.30. The average Bonchev–Trinajstić information content (AvgIpc) is 2.65. The smallest absolute Gasteiger partial charge is 0.150 e. The molecule has 0 saturated carbocycles. The number of hydrogen-bond donors (Lipinski definition) is 3. The van der Waals surface area contributed by atoms with E-state index in [1.165, 1.54) is 4.90 Å². The van der Waals surface area contributed by atoms with Gasteiger partial charge in [0.15, 0.2) is 0 Å². The molecule has 7 heteroatoms. The number of morpholine rings is 1. The Hall–Kier alpha value is -1.67. The first-order chi connectivity index (χ1) is 12.1. The van der Waals surface area contributed by atoms with Crippen LogP contribution in [0.2, 0.25) is 0 Å². The van der Waals surface area contributed by atoms with Gasteiger partial charge in [0.1, 0.15) is 6.29 Å². The molecule has 1 fully saturated rings. The van der Waals surface area contributed by atoms with Crippen molar-refractivity contribution < 1.29 is 9.53 Å².